The molecule has 3 atom stereocenters. The van der Waals surface area contributed by atoms with Crippen molar-refractivity contribution in [2.75, 3.05) is 34.5 Å². The smallest absolute Gasteiger partial charge is 0.328 e. The maximum atomic E-state index is 12.3. The molecule has 0 aliphatic carbocycles. The van der Waals surface area contributed by atoms with Crippen molar-refractivity contribution in [3.63, 3.8) is 0 Å². The van der Waals surface area contributed by atoms with Gasteiger partial charge >= 0.3 is 17.9 Å². The molecule has 24 heavy (non-hydrogen) atoms. The molecule has 0 saturated carbocycles. The molecule has 136 valence electrons. The molecule has 1 aliphatic heterocycles. The molecule has 0 spiro atoms. The summed E-state index contributed by atoms with van der Waals surface area (Å²) in [5.41, 5.74) is 0. The van der Waals surface area contributed by atoms with Gasteiger partial charge in [0.05, 0.1) is 33.9 Å². The fraction of sp³-hybridized carbons (Fsp3) is 0.733. The summed E-state index contributed by atoms with van der Waals surface area (Å²) in [4.78, 5) is 48.1. The number of carbonyl (C=O) groups is 4. The van der Waals surface area contributed by atoms with Crippen molar-refractivity contribution in [3.05, 3.63) is 0 Å². The highest BCUT2D eigenvalue weighted by Crippen LogP contribution is 2.21. The van der Waals surface area contributed by atoms with E-state index in [9.17, 15) is 19.2 Å². The molecule has 0 bridgehead atoms. The quantitative estimate of drug-likeness (QED) is 0.365. The van der Waals surface area contributed by atoms with Crippen LogP contribution in [0.3, 0.4) is 0 Å². The number of rotatable bonds is 7. The standard InChI is InChI=1S/C15H23NO8/c1-8(10(13(18)21-2)14(19)22-3)11(15(20)23-4)16-12(17)9-5-6-24-7-9/h8-11H,5-7H2,1-4H3,(H,16,17)/t8-,9+,11+/m1/s1. The Kier molecular flexibility index (Phi) is 7.63. The van der Waals surface area contributed by atoms with Gasteiger partial charge in [0.2, 0.25) is 5.91 Å². The Balaban J connectivity index is 2.98. The summed E-state index contributed by atoms with van der Waals surface area (Å²) in [6.07, 6.45) is 0.533. The van der Waals surface area contributed by atoms with Crippen LogP contribution in [0.4, 0.5) is 0 Å². The van der Waals surface area contributed by atoms with Crippen LogP contribution in [0.15, 0.2) is 0 Å². The molecule has 1 fully saturated rings. The van der Waals surface area contributed by atoms with Crippen LogP contribution < -0.4 is 5.32 Å². The third-order valence-corrected chi connectivity index (χ3v) is 4.02. The first-order valence-corrected chi connectivity index (χ1v) is 7.48. The minimum atomic E-state index is -1.37. The Hall–Kier alpha value is -2.16. The van der Waals surface area contributed by atoms with Gasteiger partial charge in [0, 0.05) is 12.5 Å². The molecule has 0 aromatic rings. The van der Waals surface area contributed by atoms with Gasteiger partial charge in [0.15, 0.2) is 5.92 Å². The van der Waals surface area contributed by atoms with Crippen LogP contribution in [0.5, 0.6) is 0 Å². The van der Waals surface area contributed by atoms with E-state index < -0.39 is 41.7 Å². The van der Waals surface area contributed by atoms with Crippen LogP contribution in [0.1, 0.15) is 13.3 Å². The highest BCUT2D eigenvalue weighted by molar-refractivity contribution is 5.96. The normalized spacial score (nSPS) is 19.3. The highest BCUT2D eigenvalue weighted by atomic mass is 16.5. The molecular weight excluding hydrogens is 322 g/mol. The topological polar surface area (TPSA) is 117 Å². The molecule has 1 rings (SSSR count). The zero-order valence-electron chi connectivity index (χ0n) is 14.2. The molecule has 1 heterocycles. The van der Waals surface area contributed by atoms with Gasteiger partial charge in [0.25, 0.3) is 0 Å². The van der Waals surface area contributed by atoms with Gasteiger partial charge in [-0.2, -0.15) is 0 Å². The van der Waals surface area contributed by atoms with E-state index in [1.807, 2.05) is 0 Å². The van der Waals surface area contributed by atoms with Crippen LogP contribution in [-0.4, -0.2) is 64.4 Å². The Bertz CT molecular complexity index is 470. The lowest BCUT2D eigenvalue weighted by Gasteiger charge is -2.27. The second kappa shape index (κ2) is 9.21. The molecule has 0 aromatic carbocycles. The highest BCUT2D eigenvalue weighted by Gasteiger charge is 2.43. The molecule has 1 N–H and O–H groups in total. The maximum absolute atomic E-state index is 12.3. The molecule has 0 aromatic heterocycles. The molecule has 1 saturated heterocycles. The predicted octanol–water partition coefficient (Wildman–Crippen LogP) is -0.721. The number of nitrogens with one attached hydrogen (secondary N) is 1. The van der Waals surface area contributed by atoms with Crippen molar-refractivity contribution in [3.8, 4) is 0 Å². The van der Waals surface area contributed by atoms with Crippen molar-refractivity contribution in [2.45, 2.75) is 19.4 Å². The average molecular weight is 345 g/mol. The summed E-state index contributed by atoms with van der Waals surface area (Å²) in [5, 5.41) is 2.54. The Morgan fingerprint density at radius 3 is 1.96 bits per heavy atom. The third kappa shape index (κ3) is 4.67. The Morgan fingerprint density at radius 2 is 1.54 bits per heavy atom. The lowest BCUT2D eigenvalue weighted by atomic mass is 9.87. The molecule has 1 aliphatic rings. The van der Waals surface area contributed by atoms with Gasteiger partial charge < -0.3 is 24.3 Å². The summed E-state index contributed by atoms with van der Waals surface area (Å²) < 4.78 is 19.0. The van der Waals surface area contributed by atoms with Gasteiger partial charge in [-0.1, -0.05) is 6.92 Å². The minimum absolute atomic E-state index is 0.255. The largest absolute Gasteiger partial charge is 0.468 e. The number of amides is 1. The van der Waals surface area contributed by atoms with E-state index in [1.54, 1.807) is 0 Å². The van der Waals surface area contributed by atoms with Crippen molar-refractivity contribution in [1.29, 1.82) is 0 Å². The Morgan fingerprint density at radius 1 is 1.00 bits per heavy atom. The molecule has 0 unspecified atom stereocenters. The summed E-state index contributed by atoms with van der Waals surface area (Å²) in [5.74, 6) is -5.58. The van der Waals surface area contributed by atoms with Gasteiger partial charge in [-0.25, -0.2) is 4.79 Å². The lowest BCUT2D eigenvalue weighted by molar-refractivity contribution is -0.163. The van der Waals surface area contributed by atoms with Gasteiger partial charge in [-0.3, -0.25) is 14.4 Å². The van der Waals surface area contributed by atoms with Crippen LogP contribution in [0.2, 0.25) is 0 Å². The van der Waals surface area contributed by atoms with Gasteiger partial charge in [-0.15, -0.1) is 0 Å². The lowest BCUT2D eigenvalue weighted by Crippen LogP contribution is -2.52. The SMILES string of the molecule is COC(=O)C(C(=O)OC)[C@@H](C)[C@H](NC(=O)[C@H]1CCOC1)C(=O)OC. The summed E-state index contributed by atoms with van der Waals surface area (Å²) in [7, 11) is 3.39. The first-order chi connectivity index (χ1) is 11.4. The summed E-state index contributed by atoms with van der Waals surface area (Å²) in [6.45, 7) is 2.18. The maximum Gasteiger partial charge on any atom is 0.328 e. The van der Waals surface area contributed by atoms with Crippen LogP contribution in [-0.2, 0) is 38.1 Å². The third-order valence-electron chi connectivity index (χ3n) is 4.02. The summed E-state index contributed by atoms with van der Waals surface area (Å²) in [6, 6.07) is -1.20. The van der Waals surface area contributed by atoms with E-state index in [4.69, 9.17) is 4.74 Å². The molecular formula is C15H23NO8. The monoisotopic (exact) mass is 345 g/mol. The van der Waals surface area contributed by atoms with Crippen molar-refractivity contribution in [2.24, 2.45) is 17.8 Å². The fourth-order valence-corrected chi connectivity index (χ4v) is 2.52. The number of methoxy groups -OCH3 is 3. The minimum Gasteiger partial charge on any atom is -0.468 e. The van der Waals surface area contributed by atoms with E-state index >= 15 is 0 Å². The van der Waals surface area contributed by atoms with Crippen molar-refractivity contribution < 1.29 is 38.1 Å². The summed E-state index contributed by atoms with van der Waals surface area (Å²) >= 11 is 0. The number of hydrogen-bond acceptors (Lipinski definition) is 8. The second-order valence-electron chi connectivity index (χ2n) is 5.45. The Labute approximate surface area is 139 Å². The van der Waals surface area contributed by atoms with Crippen molar-refractivity contribution >= 4 is 23.8 Å². The van der Waals surface area contributed by atoms with E-state index in [0.29, 0.717) is 13.0 Å². The molecule has 1 amide bonds. The first kappa shape index (κ1) is 19.9. The van der Waals surface area contributed by atoms with E-state index in [1.165, 1.54) is 6.92 Å². The van der Waals surface area contributed by atoms with Crippen molar-refractivity contribution in [1.82, 2.24) is 5.32 Å². The average Bonchev–Trinajstić information content (AvgIpc) is 3.12. The zero-order chi connectivity index (χ0) is 18.3. The fourth-order valence-electron chi connectivity index (χ4n) is 2.52. The predicted molar refractivity (Wildman–Crippen MR) is 79.6 cm³/mol. The molecule has 9 nitrogen and oxygen atoms in total. The van der Waals surface area contributed by atoms with Gasteiger partial charge in [0.1, 0.15) is 6.04 Å². The van der Waals surface area contributed by atoms with E-state index in [-0.39, 0.29) is 12.5 Å². The number of esters is 3. The molecule has 0 radical (unpaired) electrons. The van der Waals surface area contributed by atoms with E-state index in [2.05, 4.69) is 19.5 Å². The van der Waals surface area contributed by atoms with Crippen LogP contribution in [0.25, 0.3) is 0 Å². The number of ether oxygens (including phenoxy) is 4. The van der Waals surface area contributed by atoms with Crippen LogP contribution in [0, 0.1) is 17.8 Å². The van der Waals surface area contributed by atoms with Crippen LogP contribution >= 0.6 is 0 Å². The first-order valence-electron chi connectivity index (χ1n) is 7.48. The number of hydrogen-bond donors (Lipinski definition) is 1. The van der Waals surface area contributed by atoms with E-state index in [0.717, 1.165) is 21.3 Å². The second-order valence-corrected chi connectivity index (χ2v) is 5.45. The van der Waals surface area contributed by atoms with Gasteiger partial charge in [-0.05, 0) is 6.42 Å². The molecule has 9 heteroatoms. The zero-order valence-corrected chi connectivity index (χ0v) is 14.2. The number of carbonyl (C=O) groups excluding carboxylic acids is 4.